The predicted molar refractivity (Wildman–Crippen MR) is 78.7 cm³/mol. The van der Waals surface area contributed by atoms with Crippen molar-refractivity contribution in [2.45, 2.75) is 19.9 Å². The van der Waals surface area contributed by atoms with E-state index in [1.807, 2.05) is 41.2 Å². The number of hydrogen-bond acceptors (Lipinski definition) is 4. The summed E-state index contributed by atoms with van der Waals surface area (Å²) in [5.41, 5.74) is 2.91. The van der Waals surface area contributed by atoms with Crippen LogP contribution in [0.1, 0.15) is 19.0 Å². The van der Waals surface area contributed by atoms with Gasteiger partial charge in [-0.05, 0) is 37.2 Å². The summed E-state index contributed by atoms with van der Waals surface area (Å²) in [7, 11) is 0. The zero-order valence-corrected chi connectivity index (χ0v) is 11.5. The number of nitrogens with zero attached hydrogens (tertiary/aromatic N) is 4. The smallest absolute Gasteiger partial charge is 0.0969 e. The molecule has 0 atom stereocenters. The summed E-state index contributed by atoms with van der Waals surface area (Å²) in [4.78, 5) is 4.36. The Morgan fingerprint density at radius 1 is 1.20 bits per heavy atom. The van der Waals surface area contributed by atoms with E-state index in [9.17, 15) is 0 Å². The summed E-state index contributed by atoms with van der Waals surface area (Å²) in [5.74, 6) is 0. The summed E-state index contributed by atoms with van der Waals surface area (Å²) in [6.07, 6.45) is 4.88. The Kier molecular flexibility index (Phi) is 3.69. The number of pyridine rings is 1. The molecule has 3 rings (SSSR count). The lowest BCUT2D eigenvalue weighted by molar-refractivity contribution is 0.662. The molecule has 0 aliphatic heterocycles. The normalized spacial score (nSPS) is 11.1. The van der Waals surface area contributed by atoms with Gasteiger partial charge in [-0.25, -0.2) is 4.68 Å². The zero-order chi connectivity index (χ0) is 13.8. The number of rotatable bonds is 5. The molecular formula is C15H17N5. The van der Waals surface area contributed by atoms with E-state index in [1.54, 1.807) is 6.20 Å². The Bertz CT molecular complexity index is 699. The highest BCUT2D eigenvalue weighted by molar-refractivity contribution is 5.86. The Labute approximate surface area is 117 Å². The molecule has 20 heavy (non-hydrogen) atoms. The lowest BCUT2D eigenvalue weighted by atomic mass is 10.2. The highest BCUT2D eigenvalue weighted by Gasteiger charge is 2.06. The van der Waals surface area contributed by atoms with E-state index in [2.05, 4.69) is 27.5 Å². The Hall–Kier alpha value is -2.27. The van der Waals surface area contributed by atoms with Crippen molar-refractivity contribution in [1.29, 1.82) is 0 Å². The Morgan fingerprint density at radius 2 is 2.15 bits per heavy atom. The number of fused-ring (bicyclic) bond motifs is 1. The quantitative estimate of drug-likeness (QED) is 0.721. The molecule has 0 radical (unpaired) electrons. The highest BCUT2D eigenvalue weighted by Crippen LogP contribution is 2.19. The van der Waals surface area contributed by atoms with Crippen LogP contribution in [0.2, 0.25) is 0 Å². The second kappa shape index (κ2) is 5.79. The van der Waals surface area contributed by atoms with E-state index < -0.39 is 0 Å². The van der Waals surface area contributed by atoms with E-state index in [1.165, 1.54) is 0 Å². The van der Waals surface area contributed by atoms with Gasteiger partial charge in [0.2, 0.25) is 0 Å². The predicted octanol–water partition coefficient (Wildman–Crippen LogP) is 2.32. The standard InChI is InChI=1S/C15H17N5/c1-2-8-16-10-12-11-20(19-18-12)15-7-3-6-14-13(15)5-4-9-17-14/h3-7,9,11,16H,2,8,10H2,1H3. The maximum atomic E-state index is 4.36. The van der Waals surface area contributed by atoms with Crippen LogP contribution in [0.5, 0.6) is 0 Å². The van der Waals surface area contributed by atoms with Crippen LogP contribution in [0.25, 0.3) is 16.6 Å². The molecule has 3 aromatic rings. The lowest BCUT2D eigenvalue weighted by Crippen LogP contribution is -2.13. The first kappa shape index (κ1) is 12.7. The topological polar surface area (TPSA) is 55.6 Å². The van der Waals surface area contributed by atoms with Crippen molar-refractivity contribution in [2.75, 3.05) is 6.54 Å². The van der Waals surface area contributed by atoms with Crippen LogP contribution in [-0.2, 0) is 6.54 Å². The second-order valence-electron chi connectivity index (χ2n) is 4.68. The first-order valence-corrected chi connectivity index (χ1v) is 6.84. The van der Waals surface area contributed by atoms with Crippen LogP contribution in [-0.4, -0.2) is 26.5 Å². The summed E-state index contributed by atoms with van der Waals surface area (Å²) < 4.78 is 1.81. The fourth-order valence-electron chi connectivity index (χ4n) is 2.18. The first-order chi connectivity index (χ1) is 9.88. The van der Waals surface area contributed by atoms with Gasteiger partial charge in [-0.15, -0.1) is 5.10 Å². The molecule has 0 aliphatic rings. The van der Waals surface area contributed by atoms with E-state index in [-0.39, 0.29) is 0 Å². The van der Waals surface area contributed by atoms with Crippen molar-refractivity contribution in [3.8, 4) is 5.69 Å². The van der Waals surface area contributed by atoms with Crippen molar-refractivity contribution in [2.24, 2.45) is 0 Å². The molecule has 5 heteroatoms. The lowest BCUT2D eigenvalue weighted by Gasteiger charge is -2.04. The van der Waals surface area contributed by atoms with Crippen LogP contribution in [0.3, 0.4) is 0 Å². The third-order valence-corrected chi connectivity index (χ3v) is 3.14. The SMILES string of the molecule is CCCNCc1cn(-c2cccc3ncccc23)nn1. The molecule has 0 fully saturated rings. The van der Waals surface area contributed by atoms with Gasteiger partial charge in [-0.2, -0.15) is 0 Å². The molecule has 0 unspecified atom stereocenters. The molecule has 1 aromatic carbocycles. The summed E-state index contributed by atoms with van der Waals surface area (Å²) in [6, 6.07) is 10.0. The summed E-state index contributed by atoms with van der Waals surface area (Å²) in [5, 5.41) is 12.8. The van der Waals surface area contributed by atoms with Gasteiger partial charge in [0.05, 0.1) is 23.1 Å². The molecule has 1 N–H and O–H groups in total. The minimum absolute atomic E-state index is 0.747. The van der Waals surface area contributed by atoms with Crippen molar-refractivity contribution >= 4 is 10.9 Å². The molecule has 2 heterocycles. The van der Waals surface area contributed by atoms with E-state index in [0.717, 1.165) is 41.8 Å². The van der Waals surface area contributed by atoms with Gasteiger partial charge in [-0.1, -0.05) is 18.2 Å². The third kappa shape index (κ3) is 2.53. The molecule has 0 saturated heterocycles. The maximum absolute atomic E-state index is 4.36. The largest absolute Gasteiger partial charge is 0.311 e. The molecular weight excluding hydrogens is 250 g/mol. The average molecular weight is 267 g/mol. The van der Waals surface area contributed by atoms with Gasteiger partial charge in [-0.3, -0.25) is 4.98 Å². The number of benzene rings is 1. The van der Waals surface area contributed by atoms with Gasteiger partial charge in [0.25, 0.3) is 0 Å². The average Bonchev–Trinajstić information content (AvgIpc) is 2.96. The van der Waals surface area contributed by atoms with Crippen molar-refractivity contribution in [3.63, 3.8) is 0 Å². The molecule has 0 saturated carbocycles. The van der Waals surface area contributed by atoms with E-state index in [0.29, 0.717) is 0 Å². The van der Waals surface area contributed by atoms with Crippen molar-refractivity contribution < 1.29 is 0 Å². The molecule has 5 nitrogen and oxygen atoms in total. The van der Waals surface area contributed by atoms with Crippen LogP contribution in [0.15, 0.2) is 42.7 Å². The van der Waals surface area contributed by atoms with Crippen molar-refractivity contribution in [1.82, 2.24) is 25.3 Å². The fourth-order valence-corrected chi connectivity index (χ4v) is 2.18. The third-order valence-electron chi connectivity index (χ3n) is 3.14. The fraction of sp³-hybridized carbons (Fsp3) is 0.267. The zero-order valence-electron chi connectivity index (χ0n) is 11.5. The van der Waals surface area contributed by atoms with Gasteiger partial charge >= 0.3 is 0 Å². The van der Waals surface area contributed by atoms with Gasteiger partial charge in [0.15, 0.2) is 0 Å². The maximum Gasteiger partial charge on any atom is 0.0969 e. The minimum Gasteiger partial charge on any atom is -0.311 e. The number of aromatic nitrogens is 4. The van der Waals surface area contributed by atoms with Crippen LogP contribution in [0, 0.1) is 0 Å². The molecule has 2 aromatic heterocycles. The first-order valence-electron chi connectivity index (χ1n) is 6.84. The summed E-state index contributed by atoms with van der Waals surface area (Å²) >= 11 is 0. The van der Waals surface area contributed by atoms with Gasteiger partial charge < -0.3 is 5.32 Å². The van der Waals surface area contributed by atoms with E-state index in [4.69, 9.17) is 0 Å². The van der Waals surface area contributed by atoms with Crippen LogP contribution < -0.4 is 5.32 Å². The van der Waals surface area contributed by atoms with Gasteiger partial charge in [0.1, 0.15) is 0 Å². The van der Waals surface area contributed by atoms with Gasteiger partial charge in [0, 0.05) is 18.1 Å². The highest BCUT2D eigenvalue weighted by atomic mass is 15.4. The van der Waals surface area contributed by atoms with Crippen LogP contribution >= 0.6 is 0 Å². The summed E-state index contributed by atoms with van der Waals surface area (Å²) in [6.45, 7) is 3.88. The monoisotopic (exact) mass is 267 g/mol. The minimum atomic E-state index is 0.747. The molecule has 0 amide bonds. The molecule has 0 aliphatic carbocycles. The molecule has 102 valence electrons. The molecule has 0 bridgehead atoms. The second-order valence-corrected chi connectivity index (χ2v) is 4.68. The Morgan fingerprint density at radius 3 is 3.05 bits per heavy atom. The van der Waals surface area contributed by atoms with Crippen LogP contribution in [0.4, 0.5) is 0 Å². The Balaban J connectivity index is 1.91. The number of hydrogen-bond donors (Lipinski definition) is 1. The molecule has 0 spiro atoms. The van der Waals surface area contributed by atoms with Crippen molar-refractivity contribution in [3.05, 3.63) is 48.4 Å². The van der Waals surface area contributed by atoms with E-state index >= 15 is 0 Å². The number of nitrogens with one attached hydrogen (secondary N) is 1.